The molecule has 4 heteroatoms. The minimum atomic E-state index is -0.766. The first kappa shape index (κ1) is 9.77. The molecule has 0 fully saturated rings. The Morgan fingerprint density at radius 1 is 1.70 bits per heavy atom. The summed E-state index contributed by atoms with van der Waals surface area (Å²) in [6.45, 7) is 0. The van der Waals surface area contributed by atoms with Crippen molar-refractivity contribution < 1.29 is 9.90 Å². The molecule has 0 saturated heterocycles. The van der Waals surface area contributed by atoms with Crippen LogP contribution in [0.25, 0.3) is 0 Å². The summed E-state index contributed by atoms with van der Waals surface area (Å²) in [5, 5.41) is 10.2. The molecule has 50 valence electrons. The molecule has 0 spiro atoms. The number of hydrogen-bond donors (Lipinski definition) is 1. The van der Waals surface area contributed by atoms with Gasteiger partial charge in [0.05, 0.1) is 6.42 Å². The molecule has 0 radical (unpaired) electrons. The number of rotatable bonds is 2. The van der Waals surface area contributed by atoms with Gasteiger partial charge in [-0.1, -0.05) is 6.07 Å². The molecule has 0 amide bonds. The van der Waals surface area contributed by atoms with Gasteiger partial charge >= 0.3 is 24.8 Å². The van der Waals surface area contributed by atoms with Crippen LogP contribution in [-0.2, 0) is 11.2 Å². The molecule has 2 nitrogen and oxygen atoms in total. The second kappa shape index (κ2) is 4.56. The predicted molar refractivity (Wildman–Crippen MR) is 42.8 cm³/mol. The summed E-state index contributed by atoms with van der Waals surface area (Å²) < 4.78 is 0. The molecule has 0 aliphatic heterocycles. The van der Waals surface area contributed by atoms with E-state index in [1.807, 2.05) is 17.5 Å². The first-order chi connectivity index (χ1) is 4.29. The minimum absolute atomic E-state index is 0. The van der Waals surface area contributed by atoms with Crippen LogP contribution in [0.4, 0.5) is 0 Å². The van der Waals surface area contributed by atoms with Crippen LogP contribution in [0, 0.1) is 0 Å². The summed E-state index contributed by atoms with van der Waals surface area (Å²) in [5.41, 5.74) is 0. The second-order valence-electron chi connectivity index (χ2n) is 1.65. The molecule has 0 aromatic carbocycles. The Morgan fingerprint density at radius 2 is 2.40 bits per heavy atom. The van der Waals surface area contributed by atoms with E-state index >= 15 is 0 Å². The van der Waals surface area contributed by atoms with E-state index in [1.54, 1.807) is 0 Å². The van der Waals surface area contributed by atoms with Gasteiger partial charge < -0.3 is 5.11 Å². The molecular formula is C6H7LiO2S. The molecule has 0 aliphatic rings. The number of thiophene rings is 1. The third-order valence-corrected chi connectivity index (χ3v) is 1.78. The van der Waals surface area contributed by atoms with Crippen LogP contribution in [0.15, 0.2) is 17.5 Å². The number of aliphatic carboxylic acids is 1. The summed E-state index contributed by atoms with van der Waals surface area (Å²) in [4.78, 5) is 11.0. The van der Waals surface area contributed by atoms with Gasteiger partial charge in [0.2, 0.25) is 0 Å². The summed E-state index contributed by atoms with van der Waals surface area (Å²) in [6, 6.07) is 3.67. The summed E-state index contributed by atoms with van der Waals surface area (Å²) in [5.74, 6) is -0.766. The van der Waals surface area contributed by atoms with Gasteiger partial charge in [-0.3, -0.25) is 4.79 Å². The van der Waals surface area contributed by atoms with E-state index in [-0.39, 0.29) is 25.3 Å². The Morgan fingerprint density at radius 3 is 2.80 bits per heavy atom. The van der Waals surface area contributed by atoms with Crippen molar-refractivity contribution in [2.45, 2.75) is 6.42 Å². The molecule has 1 N–H and O–H groups in total. The quantitative estimate of drug-likeness (QED) is 0.631. The normalized spacial score (nSPS) is 8.40. The van der Waals surface area contributed by atoms with Crippen molar-refractivity contribution in [3.8, 4) is 0 Å². The number of carboxylic acids is 1. The molecule has 0 unspecified atom stereocenters. The van der Waals surface area contributed by atoms with Crippen LogP contribution in [0.2, 0.25) is 0 Å². The topological polar surface area (TPSA) is 37.3 Å². The number of carboxylic acid groups (broad SMARTS) is 1. The van der Waals surface area contributed by atoms with Crippen molar-refractivity contribution in [2.75, 3.05) is 0 Å². The number of hydrogen-bond acceptors (Lipinski definition) is 2. The fourth-order valence-corrected chi connectivity index (χ4v) is 1.26. The zero-order chi connectivity index (χ0) is 6.69. The van der Waals surface area contributed by atoms with Gasteiger partial charge in [-0.25, -0.2) is 0 Å². The molecule has 1 aromatic heterocycles. The SMILES string of the molecule is O=C(O)Cc1cccs1.[LiH]. The van der Waals surface area contributed by atoms with Crippen LogP contribution >= 0.6 is 11.3 Å². The molecule has 1 heterocycles. The van der Waals surface area contributed by atoms with Crippen molar-refractivity contribution in [3.63, 3.8) is 0 Å². The van der Waals surface area contributed by atoms with Crippen LogP contribution in [-0.4, -0.2) is 29.9 Å². The maximum atomic E-state index is 10.1. The first-order valence-electron chi connectivity index (χ1n) is 2.53. The van der Waals surface area contributed by atoms with E-state index in [9.17, 15) is 4.79 Å². The van der Waals surface area contributed by atoms with Crippen molar-refractivity contribution in [2.24, 2.45) is 0 Å². The van der Waals surface area contributed by atoms with E-state index < -0.39 is 5.97 Å². The van der Waals surface area contributed by atoms with Crippen LogP contribution < -0.4 is 0 Å². The summed E-state index contributed by atoms with van der Waals surface area (Å²) >= 11 is 1.47. The van der Waals surface area contributed by atoms with Gasteiger partial charge in [0.25, 0.3) is 0 Å². The molecule has 0 aliphatic carbocycles. The van der Waals surface area contributed by atoms with E-state index in [0.29, 0.717) is 0 Å². The Bertz CT molecular complexity index is 196. The molecule has 1 aromatic rings. The molecule has 10 heavy (non-hydrogen) atoms. The van der Waals surface area contributed by atoms with E-state index in [4.69, 9.17) is 5.11 Å². The third kappa shape index (κ3) is 3.07. The van der Waals surface area contributed by atoms with E-state index in [2.05, 4.69) is 0 Å². The van der Waals surface area contributed by atoms with Gasteiger partial charge in [0.15, 0.2) is 0 Å². The molecular weight excluding hydrogens is 143 g/mol. The van der Waals surface area contributed by atoms with Gasteiger partial charge in [0.1, 0.15) is 0 Å². The number of carbonyl (C=O) groups is 1. The van der Waals surface area contributed by atoms with E-state index in [1.165, 1.54) is 11.3 Å². The Labute approximate surface area is 75.1 Å². The summed E-state index contributed by atoms with van der Waals surface area (Å²) in [7, 11) is 0. The van der Waals surface area contributed by atoms with Gasteiger partial charge in [-0.15, -0.1) is 11.3 Å². The predicted octanol–water partition coefficient (Wildman–Crippen LogP) is 0.727. The average molecular weight is 150 g/mol. The van der Waals surface area contributed by atoms with Crippen molar-refractivity contribution in [1.82, 2.24) is 0 Å². The van der Waals surface area contributed by atoms with Gasteiger partial charge in [-0.2, -0.15) is 0 Å². The monoisotopic (exact) mass is 150 g/mol. The fourth-order valence-electron chi connectivity index (χ4n) is 0.562. The van der Waals surface area contributed by atoms with Crippen LogP contribution in [0.5, 0.6) is 0 Å². The third-order valence-electron chi connectivity index (χ3n) is 0.906. The first-order valence-corrected chi connectivity index (χ1v) is 3.41. The molecule has 0 atom stereocenters. The van der Waals surface area contributed by atoms with Crippen molar-refractivity contribution >= 4 is 36.2 Å². The standard InChI is InChI=1S/C6H6O2S.Li.H/c7-6(8)4-5-2-1-3-9-5;;/h1-3H,4H2,(H,7,8);;. The van der Waals surface area contributed by atoms with Crippen LogP contribution in [0.3, 0.4) is 0 Å². The fraction of sp³-hybridized carbons (Fsp3) is 0.167. The Hall–Kier alpha value is -0.233. The Kier molecular flexibility index (Phi) is 4.46. The zero-order valence-corrected chi connectivity index (χ0v) is 5.52. The zero-order valence-electron chi connectivity index (χ0n) is 4.70. The van der Waals surface area contributed by atoms with Crippen molar-refractivity contribution in [3.05, 3.63) is 22.4 Å². The molecule has 1 rings (SSSR count). The molecule has 0 saturated carbocycles. The summed E-state index contributed by atoms with van der Waals surface area (Å²) in [6.07, 6.45) is 0.150. The average Bonchev–Trinajstić information content (AvgIpc) is 2.15. The second-order valence-corrected chi connectivity index (χ2v) is 2.68. The Balaban J connectivity index is 0.000000810. The van der Waals surface area contributed by atoms with Gasteiger partial charge in [-0.05, 0) is 11.4 Å². The van der Waals surface area contributed by atoms with Crippen molar-refractivity contribution in [1.29, 1.82) is 0 Å². The van der Waals surface area contributed by atoms with Crippen LogP contribution in [0.1, 0.15) is 4.88 Å². The maximum absolute atomic E-state index is 10.1. The van der Waals surface area contributed by atoms with Gasteiger partial charge in [0, 0.05) is 4.88 Å². The van der Waals surface area contributed by atoms with E-state index in [0.717, 1.165) is 4.88 Å². The molecule has 0 bridgehead atoms.